The van der Waals surface area contributed by atoms with Gasteiger partial charge in [-0.3, -0.25) is 9.59 Å². The van der Waals surface area contributed by atoms with Crippen molar-refractivity contribution in [2.75, 3.05) is 17.7 Å². The number of hydrogen-bond donors (Lipinski definition) is 3. The number of nitrogens with zero attached hydrogens (tertiary/aromatic N) is 2. The van der Waals surface area contributed by atoms with Gasteiger partial charge < -0.3 is 21.1 Å². The van der Waals surface area contributed by atoms with Crippen molar-refractivity contribution in [2.24, 2.45) is 5.73 Å². The molecule has 27 heavy (non-hydrogen) atoms. The summed E-state index contributed by atoms with van der Waals surface area (Å²) < 4.78 is 18.2. The Morgan fingerprint density at radius 3 is 2.59 bits per heavy atom. The topological polar surface area (TPSA) is 119 Å². The number of thiazole rings is 1. The summed E-state index contributed by atoms with van der Waals surface area (Å²) in [6, 6.07) is 9.14. The molecule has 2 amide bonds. The highest BCUT2D eigenvalue weighted by molar-refractivity contribution is 7.20. The Bertz CT molecular complexity index is 990. The summed E-state index contributed by atoms with van der Waals surface area (Å²) in [5, 5.41) is 5.90. The van der Waals surface area contributed by atoms with E-state index in [1.54, 1.807) is 24.3 Å². The average molecular weight is 387 g/mol. The number of halogens is 1. The first kappa shape index (κ1) is 18.3. The predicted molar refractivity (Wildman–Crippen MR) is 99.1 cm³/mol. The van der Waals surface area contributed by atoms with Gasteiger partial charge in [0.1, 0.15) is 10.8 Å². The highest BCUT2D eigenvalue weighted by Crippen LogP contribution is 2.31. The van der Waals surface area contributed by atoms with Crippen molar-refractivity contribution in [3.05, 3.63) is 59.8 Å². The first-order chi connectivity index (χ1) is 13.0. The van der Waals surface area contributed by atoms with Crippen LogP contribution in [-0.2, 0) is 0 Å². The number of rotatable bonds is 6. The lowest BCUT2D eigenvalue weighted by atomic mass is 10.2. The molecule has 2 heterocycles. The Labute approximate surface area is 157 Å². The summed E-state index contributed by atoms with van der Waals surface area (Å²) >= 11 is 0.997. The van der Waals surface area contributed by atoms with Gasteiger partial charge in [-0.15, -0.1) is 0 Å². The van der Waals surface area contributed by atoms with Crippen LogP contribution in [-0.4, -0.2) is 28.9 Å². The minimum Gasteiger partial charge on any atom is -0.497 e. The van der Waals surface area contributed by atoms with Crippen molar-refractivity contribution in [2.45, 2.75) is 0 Å². The molecule has 0 spiro atoms. The van der Waals surface area contributed by atoms with Crippen LogP contribution in [0.15, 0.2) is 42.6 Å². The monoisotopic (exact) mass is 387 g/mol. The fraction of sp³-hybridized carbons (Fsp3) is 0.0588. The zero-order valence-electron chi connectivity index (χ0n) is 14.0. The quantitative estimate of drug-likeness (QED) is 0.560. The van der Waals surface area contributed by atoms with Gasteiger partial charge in [0, 0.05) is 23.5 Å². The second-order valence-corrected chi connectivity index (χ2v) is 6.23. The van der Waals surface area contributed by atoms with E-state index >= 15 is 0 Å². The number of benzene rings is 1. The van der Waals surface area contributed by atoms with Gasteiger partial charge in [-0.25, -0.2) is 9.97 Å². The Kier molecular flexibility index (Phi) is 5.27. The Hall–Kier alpha value is -3.53. The van der Waals surface area contributed by atoms with Crippen LogP contribution in [0.5, 0.6) is 5.75 Å². The Morgan fingerprint density at radius 1 is 1.22 bits per heavy atom. The fourth-order valence-electron chi connectivity index (χ4n) is 2.15. The third-order valence-electron chi connectivity index (χ3n) is 3.42. The number of aromatic nitrogens is 2. The van der Waals surface area contributed by atoms with Crippen molar-refractivity contribution < 1.29 is 18.7 Å². The molecule has 1 aromatic carbocycles. The number of nitrogens with one attached hydrogen (secondary N) is 2. The van der Waals surface area contributed by atoms with E-state index in [-0.39, 0.29) is 15.8 Å². The molecule has 0 aliphatic heterocycles. The summed E-state index contributed by atoms with van der Waals surface area (Å²) in [6.45, 7) is 0. The summed E-state index contributed by atoms with van der Waals surface area (Å²) in [5.74, 6) is -1.30. The molecule has 138 valence electrons. The molecule has 8 nitrogen and oxygen atoms in total. The van der Waals surface area contributed by atoms with Gasteiger partial charge >= 0.3 is 0 Å². The summed E-state index contributed by atoms with van der Waals surface area (Å²) in [5.41, 5.74) is 5.99. The second-order valence-electron chi connectivity index (χ2n) is 5.24. The Balaban J connectivity index is 1.82. The van der Waals surface area contributed by atoms with Gasteiger partial charge in [0.25, 0.3) is 11.8 Å². The number of primary amides is 1. The molecule has 0 aliphatic rings. The maximum absolute atomic E-state index is 13.2. The van der Waals surface area contributed by atoms with Crippen LogP contribution in [0.1, 0.15) is 20.8 Å². The molecule has 0 fully saturated rings. The van der Waals surface area contributed by atoms with E-state index in [9.17, 15) is 14.0 Å². The molecule has 0 saturated carbocycles. The number of ether oxygens (including phenoxy) is 1. The lowest BCUT2D eigenvalue weighted by molar-refractivity contribution is 0.0997. The maximum Gasteiger partial charge on any atom is 0.270 e. The first-order valence-corrected chi connectivity index (χ1v) is 8.42. The van der Waals surface area contributed by atoms with E-state index in [0.29, 0.717) is 17.0 Å². The smallest absolute Gasteiger partial charge is 0.270 e. The molecule has 3 aromatic rings. The van der Waals surface area contributed by atoms with Gasteiger partial charge in [0.05, 0.1) is 7.11 Å². The standard InChI is InChI=1S/C17H14FN5O3S/c1-26-11-4-2-9(3-5-11)15(25)23-16-13(14(19)24)22-17(27-16)21-10-6-7-20-12(18)8-10/h2-8H,1H3,(H2,19,24)(H,23,25)(H,20,21,22). The molecule has 0 aliphatic carbocycles. The molecule has 10 heteroatoms. The predicted octanol–water partition coefficient (Wildman–Crippen LogP) is 2.78. The summed E-state index contributed by atoms with van der Waals surface area (Å²) in [6.07, 6.45) is 1.28. The fourth-order valence-corrected chi connectivity index (χ4v) is 3.03. The van der Waals surface area contributed by atoms with Crippen molar-refractivity contribution >= 4 is 39.0 Å². The molecular formula is C17H14FN5O3S. The van der Waals surface area contributed by atoms with Crippen molar-refractivity contribution in [3.8, 4) is 5.75 Å². The van der Waals surface area contributed by atoms with Gasteiger partial charge in [-0.05, 0) is 30.3 Å². The third-order valence-corrected chi connectivity index (χ3v) is 4.30. The van der Waals surface area contributed by atoms with Crippen LogP contribution >= 0.6 is 11.3 Å². The number of pyridine rings is 1. The molecule has 0 atom stereocenters. The van der Waals surface area contributed by atoms with E-state index < -0.39 is 17.8 Å². The number of carbonyl (C=O) groups is 2. The highest BCUT2D eigenvalue weighted by atomic mass is 32.1. The van der Waals surface area contributed by atoms with E-state index in [1.165, 1.54) is 25.4 Å². The molecule has 3 rings (SSSR count). The number of nitrogens with two attached hydrogens (primary N) is 1. The highest BCUT2D eigenvalue weighted by Gasteiger charge is 2.19. The van der Waals surface area contributed by atoms with Gasteiger partial charge in [0.15, 0.2) is 10.8 Å². The van der Waals surface area contributed by atoms with Crippen LogP contribution in [0.25, 0.3) is 0 Å². The maximum atomic E-state index is 13.2. The van der Waals surface area contributed by atoms with Crippen LogP contribution in [0, 0.1) is 5.95 Å². The molecule has 0 radical (unpaired) electrons. The minimum atomic E-state index is -0.801. The molecule has 0 bridgehead atoms. The van der Waals surface area contributed by atoms with E-state index in [1.807, 2.05) is 0 Å². The number of anilines is 3. The van der Waals surface area contributed by atoms with E-state index in [0.717, 1.165) is 11.3 Å². The number of carbonyl (C=O) groups excluding carboxylic acids is 2. The van der Waals surface area contributed by atoms with Crippen molar-refractivity contribution in [3.63, 3.8) is 0 Å². The first-order valence-electron chi connectivity index (χ1n) is 7.61. The number of hydrogen-bond acceptors (Lipinski definition) is 7. The lowest BCUT2D eigenvalue weighted by Crippen LogP contribution is -2.17. The largest absolute Gasteiger partial charge is 0.497 e. The van der Waals surface area contributed by atoms with E-state index in [2.05, 4.69) is 20.6 Å². The Morgan fingerprint density at radius 2 is 1.96 bits per heavy atom. The van der Waals surface area contributed by atoms with Crippen LogP contribution in [0.3, 0.4) is 0 Å². The zero-order valence-corrected chi connectivity index (χ0v) is 14.8. The minimum absolute atomic E-state index is 0.0983. The average Bonchev–Trinajstić information content (AvgIpc) is 3.04. The van der Waals surface area contributed by atoms with Crippen molar-refractivity contribution in [1.82, 2.24) is 9.97 Å². The van der Waals surface area contributed by atoms with Crippen LogP contribution in [0.4, 0.5) is 20.2 Å². The SMILES string of the molecule is COc1ccc(C(=O)Nc2sc(Nc3ccnc(F)c3)nc2C(N)=O)cc1. The zero-order chi connectivity index (χ0) is 19.4. The molecule has 4 N–H and O–H groups in total. The van der Waals surface area contributed by atoms with Gasteiger partial charge in [-0.1, -0.05) is 11.3 Å². The molecular weight excluding hydrogens is 373 g/mol. The van der Waals surface area contributed by atoms with Crippen molar-refractivity contribution in [1.29, 1.82) is 0 Å². The number of amides is 2. The van der Waals surface area contributed by atoms with E-state index in [4.69, 9.17) is 10.5 Å². The second kappa shape index (κ2) is 7.79. The van der Waals surface area contributed by atoms with Gasteiger partial charge in [0.2, 0.25) is 5.95 Å². The molecule has 0 saturated heterocycles. The third kappa shape index (κ3) is 4.36. The molecule has 2 aromatic heterocycles. The van der Waals surface area contributed by atoms with Gasteiger partial charge in [-0.2, -0.15) is 4.39 Å². The normalized spacial score (nSPS) is 10.3. The molecule has 0 unspecified atom stereocenters. The number of methoxy groups -OCH3 is 1. The lowest BCUT2D eigenvalue weighted by Gasteiger charge is -2.05. The summed E-state index contributed by atoms with van der Waals surface area (Å²) in [4.78, 5) is 31.6. The summed E-state index contributed by atoms with van der Waals surface area (Å²) in [7, 11) is 1.52. The van der Waals surface area contributed by atoms with Crippen LogP contribution < -0.4 is 21.1 Å². The van der Waals surface area contributed by atoms with Crippen LogP contribution in [0.2, 0.25) is 0 Å².